The van der Waals surface area contributed by atoms with E-state index in [1.807, 2.05) is 12.1 Å². The Balaban J connectivity index is 1.18. The lowest BCUT2D eigenvalue weighted by Gasteiger charge is -2.72. The van der Waals surface area contributed by atoms with Gasteiger partial charge in [-0.15, -0.1) is 0 Å². The lowest BCUT2D eigenvalue weighted by Crippen LogP contribution is -2.68. The molecule has 1 aromatic rings. The van der Waals surface area contributed by atoms with Crippen molar-refractivity contribution in [3.05, 3.63) is 53.6 Å². The number of aromatic carboxylic acids is 1. The number of fused-ring (bicyclic) bond motifs is 7. The van der Waals surface area contributed by atoms with Crippen molar-refractivity contribution < 1.29 is 14.7 Å². The number of carboxylic acid groups (broad SMARTS) is 1. The van der Waals surface area contributed by atoms with Crippen molar-refractivity contribution in [2.45, 2.75) is 118 Å². The number of nitrogens with zero attached hydrogens (tertiary/aromatic N) is 1. The van der Waals surface area contributed by atoms with Crippen molar-refractivity contribution >= 4 is 17.4 Å². The van der Waals surface area contributed by atoms with Gasteiger partial charge >= 0.3 is 5.97 Å². The first-order valence-electron chi connectivity index (χ1n) is 18.9. The molecule has 9 atom stereocenters. The highest BCUT2D eigenvalue weighted by atomic mass is 16.4. The zero-order valence-electron chi connectivity index (χ0n) is 30.1. The maximum atomic E-state index is 13.3. The van der Waals surface area contributed by atoms with Gasteiger partial charge in [-0.05, 0) is 152 Å². The van der Waals surface area contributed by atoms with Gasteiger partial charge in [-0.25, -0.2) is 4.79 Å². The third kappa shape index (κ3) is 4.78. The van der Waals surface area contributed by atoms with Crippen LogP contribution in [0, 0.1) is 51.2 Å². The number of nitrogens with one attached hydrogen (secondary N) is 1. The first kappa shape index (κ1) is 33.1. The Hall–Kier alpha value is -2.40. The predicted molar refractivity (Wildman–Crippen MR) is 190 cm³/mol. The van der Waals surface area contributed by atoms with Crippen LogP contribution in [-0.2, 0) is 4.79 Å². The Morgan fingerprint density at radius 2 is 1.60 bits per heavy atom. The lowest BCUT2D eigenvalue weighted by atomic mass is 9.33. The highest BCUT2D eigenvalue weighted by Gasteiger charge is 2.70. The van der Waals surface area contributed by atoms with Crippen LogP contribution in [0.3, 0.4) is 0 Å². The van der Waals surface area contributed by atoms with E-state index in [0.29, 0.717) is 47.6 Å². The molecule has 5 fully saturated rings. The van der Waals surface area contributed by atoms with Gasteiger partial charge < -0.3 is 15.3 Å². The molecule has 7 rings (SSSR count). The molecule has 0 radical (unpaired) electrons. The van der Waals surface area contributed by atoms with E-state index in [1.54, 1.807) is 12.1 Å². The van der Waals surface area contributed by atoms with Crippen LogP contribution >= 0.6 is 0 Å². The summed E-state index contributed by atoms with van der Waals surface area (Å²) >= 11 is 0. The van der Waals surface area contributed by atoms with Crippen LogP contribution < -0.4 is 5.32 Å². The Morgan fingerprint density at radius 3 is 2.26 bits per heavy atom. The zero-order chi connectivity index (χ0) is 33.6. The molecular weight excluding hydrogens is 580 g/mol. The van der Waals surface area contributed by atoms with Gasteiger partial charge in [-0.1, -0.05) is 65.0 Å². The summed E-state index contributed by atoms with van der Waals surface area (Å²) in [6.07, 6.45) is 15.8. The van der Waals surface area contributed by atoms with E-state index in [4.69, 9.17) is 0 Å². The summed E-state index contributed by atoms with van der Waals surface area (Å²) in [5.41, 5.74) is 5.10. The molecule has 4 saturated carbocycles. The molecule has 0 aromatic heterocycles. The maximum Gasteiger partial charge on any atom is 0.335 e. The summed E-state index contributed by atoms with van der Waals surface area (Å²) in [7, 11) is 0. The van der Waals surface area contributed by atoms with Crippen LogP contribution in [0.4, 0.5) is 0 Å². The summed E-state index contributed by atoms with van der Waals surface area (Å²) in [6.45, 7) is 22.1. The van der Waals surface area contributed by atoms with E-state index < -0.39 is 5.97 Å². The van der Waals surface area contributed by atoms with E-state index >= 15 is 0 Å². The molecule has 0 spiro atoms. The number of carbonyl (C=O) groups excluding carboxylic acids is 1. The fraction of sp³-hybridized carbons (Fsp3) is 0.714. The summed E-state index contributed by atoms with van der Waals surface area (Å²) in [5, 5.41) is 13.5. The summed E-state index contributed by atoms with van der Waals surface area (Å²) in [6, 6.07) is 7.59. The van der Waals surface area contributed by atoms with Crippen molar-refractivity contribution in [1.29, 1.82) is 0 Å². The first-order chi connectivity index (χ1) is 22.2. The van der Waals surface area contributed by atoms with E-state index in [9.17, 15) is 14.7 Å². The number of hydrogen-bond acceptors (Lipinski definition) is 3. The van der Waals surface area contributed by atoms with Crippen molar-refractivity contribution in [1.82, 2.24) is 10.2 Å². The molecule has 1 unspecified atom stereocenters. The smallest absolute Gasteiger partial charge is 0.335 e. The van der Waals surface area contributed by atoms with Gasteiger partial charge in [0, 0.05) is 18.6 Å². The predicted octanol–water partition coefficient (Wildman–Crippen LogP) is 9.00. The molecule has 5 aliphatic carbocycles. The number of hydrogen-bond donors (Lipinski definition) is 2. The second-order valence-corrected chi connectivity index (χ2v) is 18.2. The number of likely N-dealkylation sites (tertiary alicyclic amines) is 1. The normalized spacial score (nSPS) is 42.0. The van der Waals surface area contributed by atoms with Crippen molar-refractivity contribution in [2.24, 2.45) is 51.2 Å². The van der Waals surface area contributed by atoms with Gasteiger partial charge in [0.25, 0.3) is 0 Å². The zero-order valence-corrected chi connectivity index (χ0v) is 30.1. The van der Waals surface area contributed by atoms with E-state index in [1.165, 1.54) is 68.1 Å². The molecule has 6 aliphatic rings. The van der Waals surface area contributed by atoms with E-state index in [-0.39, 0.29) is 27.2 Å². The maximum absolute atomic E-state index is 13.3. The van der Waals surface area contributed by atoms with Gasteiger partial charge in [0.1, 0.15) is 0 Å². The molecular formula is C42H60N2O3. The molecule has 5 nitrogen and oxygen atoms in total. The second kappa shape index (κ2) is 11.3. The summed E-state index contributed by atoms with van der Waals surface area (Å²) < 4.78 is 0. The number of amides is 1. The number of benzene rings is 1. The van der Waals surface area contributed by atoms with E-state index in [0.717, 1.165) is 32.4 Å². The minimum absolute atomic E-state index is 0.0147. The average Bonchev–Trinajstić information content (AvgIpc) is 3.70. The average molecular weight is 641 g/mol. The van der Waals surface area contributed by atoms with Crippen LogP contribution in [0.1, 0.15) is 128 Å². The second-order valence-electron chi connectivity index (χ2n) is 18.2. The monoisotopic (exact) mass is 640 g/mol. The summed E-state index contributed by atoms with van der Waals surface area (Å²) in [4.78, 5) is 26.9. The third-order valence-electron chi connectivity index (χ3n) is 16.1. The fourth-order valence-corrected chi connectivity index (χ4v) is 13.7. The standard InChI is InChI=1S/C42H60N2O3/c1-27(2)30-16-21-42(43-26-35(45)44-24-8-9-25-44)23-22-40(6)32(36(30)42)14-15-34-39(5)19-17-31(28-10-12-29(13-11-28)37(46)47)38(3,4)33(39)18-20-41(34,40)7/h10-13,17,30,32-34,36,43H,1,8-9,14-16,18-26H2,2-7H3,(H,46,47)/t30-,32+,33-,34+,36+,39-,40+,41+,42?/m0/s1. The SMILES string of the molecule is C=C(C)[C@@H]1CCC2(NCC(=O)N3CCCC3)CC[C@]3(C)[C@H](CC[C@@H]4[C@@]5(C)CC=C(c6ccc(C(=O)O)cc6)C(C)(C)[C@@H]5CC[C@]43C)[C@@H]12. The molecule has 1 heterocycles. The number of carboxylic acids is 1. The Labute approximate surface area is 284 Å². The molecule has 5 heteroatoms. The molecule has 2 N–H and O–H groups in total. The lowest BCUT2D eigenvalue weighted by molar-refractivity contribution is -0.219. The fourth-order valence-electron chi connectivity index (χ4n) is 13.7. The minimum Gasteiger partial charge on any atom is -0.478 e. The number of rotatable bonds is 6. The Morgan fingerprint density at radius 1 is 0.894 bits per heavy atom. The number of allylic oxidation sites excluding steroid dienone is 3. The van der Waals surface area contributed by atoms with Gasteiger partial charge in [-0.2, -0.15) is 0 Å². The third-order valence-corrected chi connectivity index (χ3v) is 16.1. The molecule has 1 amide bonds. The van der Waals surface area contributed by atoms with Gasteiger partial charge in [0.15, 0.2) is 0 Å². The molecule has 47 heavy (non-hydrogen) atoms. The highest BCUT2D eigenvalue weighted by Crippen LogP contribution is 2.76. The summed E-state index contributed by atoms with van der Waals surface area (Å²) in [5.74, 6) is 2.42. The van der Waals surface area contributed by atoms with Gasteiger partial charge in [0.05, 0.1) is 12.1 Å². The van der Waals surface area contributed by atoms with Crippen molar-refractivity contribution in [3.63, 3.8) is 0 Å². The van der Waals surface area contributed by atoms with Crippen molar-refractivity contribution in [2.75, 3.05) is 19.6 Å². The molecule has 1 saturated heterocycles. The Kier molecular flexibility index (Phi) is 7.98. The van der Waals surface area contributed by atoms with Crippen molar-refractivity contribution in [3.8, 4) is 0 Å². The van der Waals surface area contributed by atoms with Crippen LogP contribution in [0.15, 0.2) is 42.5 Å². The van der Waals surface area contributed by atoms with Crippen LogP contribution in [0.5, 0.6) is 0 Å². The van der Waals surface area contributed by atoms with Crippen LogP contribution in [0.2, 0.25) is 0 Å². The molecule has 0 bridgehead atoms. The topological polar surface area (TPSA) is 69.6 Å². The highest BCUT2D eigenvalue weighted by molar-refractivity contribution is 5.88. The largest absolute Gasteiger partial charge is 0.478 e. The van der Waals surface area contributed by atoms with Crippen LogP contribution in [-0.4, -0.2) is 47.1 Å². The first-order valence-corrected chi connectivity index (χ1v) is 18.9. The quantitative estimate of drug-likeness (QED) is 0.305. The van der Waals surface area contributed by atoms with E-state index in [2.05, 4.69) is 64.4 Å². The molecule has 256 valence electrons. The van der Waals surface area contributed by atoms with Gasteiger partial charge in [0.2, 0.25) is 5.91 Å². The molecule has 1 aliphatic heterocycles. The van der Waals surface area contributed by atoms with Gasteiger partial charge in [-0.3, -0.25) is 4.79 Å². The number of carbonyl (C=O) groups is 2. The molecule has 1 aromatic carbocycles. The Bertz CT molecular complexity index is 1470. The van der Waals surface area contributed by atoms with Crippen LogP contribution in [0.25, 0.3) is 5.57 Å². The minimum atomic E-state index is -0.866.